The van der Waals surface area contributed by atoms with Crippen molar-refractivity contribution in [1.29, 1.82) is 0 Å². The van der Waals surface area contributed by atoms with Crippen molar-refractivity contribution in [1.82, 2.24) is 9.97 Å². The van der Waals surface area contributed by atoms with Gasteiger partial charge in [-0.15, -0.1) is 0 Å². The number of benzene rings is 4. The fourth-order valence-electron chi connectivity index (χ4n) is 3.58. The molecular formula is C29H22N2O4. The lowest BCUT2D eigenvalue weighted by molar-refractivity contribution is 0.410. The lowest BCUT2D eigenvalue weighted by atomic mass is 10.1. The number of rotatable bonds is 6. The van der Waals surface area contributed by atoms with Gasteiger partial charge in [-0.25, -0.2) is 0 Å². The van der Waals surface area contributed by atoms with Gasteiger partial charge in [-0.3, -0.25) is 0 Å². The zero-order chi connectivity index (χ0) is 24.2. The zero-order valence-corrected chi connectivity index (χ0v) is 18.9. The first kappa shape index (κ1) is 22.0. The van der Waals surface area contributed by atoms with Crippen LogP contribution >= 0.6 is 0 Å². The minimum atomic E-state index is 0.193. The third kappa shape index (κ3) is 5.39. The van der Waals surface area contributed by atoms with E-state index in [1.807, 2.05) is 79.7 Å². The normalized spacial score (nSPS) is 10.7. The van der Waals surface area contributed by atoms with Gasteiger partial charge in [-0.05, 0) is 77.7 Å². The second-order valence-corrected chi connectivity index (χ2v) is 7.98. The van der Waals surface area contributed by atoms with Crippen LogP contribution in [0, 0.1) is 6.92 Å². The molecular weight excluding hydrogens is 440 g/mol. The van der Waals surface area contributed by atoms with Crippen LogP contribution in [0.1, 0.15) is 5.69 Å². The number of hydrogen-bond acceptors (Lipinski definition) is 6. The van der Waals surface area contributed by atoms with Crippen LogP contribution in [0.15, 0.2) is 103 Å². The van der Waals surface area contributed by atoms with Crippen LogP contribution in [-0.4, -0.2) is 20.2 Å². The molecule has 5 aromatic rings. The molecule has 172 valence electrons. The molecule has 0 aliphatic carbocycles. The maximum atomic E-state index is 9.47. The summed E-state index contributed by atoms with van der Waals surface area (Å²) >= 11 is 0. The van der Waals surface area contributed by atoms with Gasteiger partial charge >= 0.3 is 6.01 Å². The second kappa shape index (κ2) is 9.57. The Labute approximate surface area is 202 Å². The summed E-state index contributed by atoms with van der Waals surface area (Å²) in [7, 11) is 0. The molecule has 0 aliphatic heterocycles. The molecule has 0 atom stereocenters. The summed E-state index contributed by atoms with van der Waals surface area (Å²) in [5.41, 5.74) is 4.72. The largest absolute Gasteiger partial charge is 0.508 e. The molecule has 1 heterocycles. The second-order valence-electron chi connectivity index (χ2n) is 7.98. The lowest BCUT2D eigenvalue weighted by Gasteiger charge is -2.10. The molecule has 4 aromatic carbocycles. The third-order valence-corrected chi connectivity index (χ3v) is 5.35. The number of aromatic hydroxyl groups is 2. The predicted octanol–water partition coefficient (Wildman–Crippen LogP) is 7.11. The molecule has 35 heavy (non-hydrogen) atoms. The standard InChI is InChI=1S/C29H22N2O4/c1-19-18-28(34-26-14-6-22(7-15-26)20-2-10-24(32)11-3-20)31-29(30-19)35-27-16-8-23(9-17-27)21-4-12-25(33)13-5-21/h2-18,32-33H,1H3. The summed E-state index contributed by atoms with van der Waals surface area (Å²) in [6, 6.07) is 31.2. The molecule has 6 heteroatoms. The number of phenols is 2. The first-order valence-electron chi connectivity index (χ1n) is 11.0. The molecule has 0 aliphatic rings. The van der Waals surface area contributed by atoms with Gasteiger partial charge in [0.1, 0.15) is 23.0 Å². The highest BCUT2D eigenvalue weighted by Gasteiger charge is 2.08. The SMILES string of the molecule is Cc1cc(Oc2ccc(-c3ccc(O)cc3)cc2)nc(Oc2ccc(-c3ccc(O)cc3)cc2)n1. The van der Waals surface area contributed by atoms with Crippen molar-refractivity contribution in [2.75, 3.05) is 0 Å². The third-order valence-electron chi connectivity index (χ3n) is 5.35. The summed E-state index contributed by atoms with van der Waals surface area (Å²) in [4.78, 5) is 8.75. The summed E-state index contributed by atoms with van der Waals surface area (Å²) in [6.07, 6.45) is 0. The van der Waals surface area contributed by atoms with Gasteiger partial charge in [0.25, 0.3) is 0 Å². The van der Waals surface area contributed by atoms with Gasteiger partial charge in [0.15, 0.2) is 0 Å². The summed E-state index contributed by atoms with van der Waals surface area (Å²) < 4.78 is 11.8. The number of phenolic OH excluding ortho intramolecular Hbond substituents is 2. The quantitative estimate of drug-likeness (QED) is 0.280. The van der Waals surface area contributed by atoms with Gasteiger partial charge in [0.05, 0.1) is 0 Å². The minimum absolute atomic E-state index is 0.193. The van der Waals surface area contributed by atoms with Gasteiger partial charge in [0.2, 0.25) is 5.88 Å². The Morgan fingerprint density at radius 2 is 0.914 bits per heavy atom. The van der Waals surface area contributed by atoms with E-state index in [4.69, 9.17) is 9.47 Å². The molecule has 2 N–H and O–H groups in total. The van der Waals surface area contributed by atoms with Crippen molar-refractivity contribution in [3.05, 3.63) is 109 Å². The van der Waals surface area contributed by atoms with E-state index in [-0.39, 0.29) is 17.5 Å². The van der Waals surface area contributed by atoms with E-state index in [0.29, 0.717) is 23.1 Å². The highest BCUT2D eigenvalue weighted by atomic mass is 16.5. The summed E-state index contributed by atoms with van der Waals surface area (Å²) in [5.74, 6) is 2.08. The zero-order valence-electron chi connectivity index (χ0n) is 18.9. The molecule has 0 fully saturated rings. The summed E-state index contributed by atoms with van der Waals surface area (Å²) in [6.45, 7) is 1.85. The molecule has 5 rings (SSSR count). The Bertz CT molecular complexity index is 1320. The van der Waals surface area contributed by atoms with Crippen molar-refractivity contribution in [2.24, 2.45) is 0 Å². The van der Waals surface area contributed by atoms with Gasteiger partial charge in [-0.1, -0.05) is 48.5 Å². The molecule has 0 amide bonds. The van der Waals surface area contributed by atoms with E-state index in [9.17, 15) is 10.2 Å². The van der Waals surface area contributed by atoms with Crippen LogP contribution in [0.25, 0.3) is 22.3 Å². The number of ether oxygens (including phenoxy) is 2. The Morgan fingerprint density at radius 1 is 0.514 bits per heavy atom. The van der Waals surface area contributed by atoms with Crippen LogP contribution in [0.3, 0.4) is 0 Å². The Balaban J connectivity index is 1.29. The van der Waals surface area contributed by atoms with E-state index in [1.165, 1.54) is 0 Å². The van der Waals surface area contributed by atoms with Gasteiger partial charge in [0, 0.05) is 11.8 Å². The lowest BCUT2D eigenvalue weighted by Crippen LogP contribution is -1.97. The number of nitrogens with zero attached hydrogens (tertiary/aromatic N) is 2. The van der Waals surface area contributed by atoms with E-state index in [0.717, 1.165) is 22.3 Å². The van der Waals surface area contributed by atoms with E-state index >= 15 is 0 Å². The molecule has 0 saturated carbocycles. The summed E-state index contributed by atoms with van der Waals surface area (Å²) in [5, 5.41) is 18.9. The topological polar surface area (TPSA) is 84.7 Å². The molecule has 0 unspecified atom stereocenters. The fraction of sp³-hybridized carbons (Fsp3) is 0.0345. The van der Waals surface area contributed by atoms with Crippen LogP contribution in [0.5, 0.6) is 34.9 Å². The Hall–Kier alpha value is -4.84. The van der Waals surface area contributed by atoms with Crippen LogP contribution in [0.4, 0.5) is 0 Å². The molecule has 0 saturated heterocycles. The maximum Gasteiger partial charge on any atom is 0.325 e. The van der Waals surface area contributed by atoms with Crippen molar-refractivity contribution in [2.45, 2.75) is 6.92 Å². The molecule has 0 spiro atoms. The first-order valence-corrected chi connectivity index (χ1v) is 11.0. The average Bonchev–Trinajstić information content (AvgIpc) is 2.86. The molecule has 6 nitrogen and oxygen atoms in total. The fourth-order valence-corrected chi connectivity index (χ4v) is 3.58. The molecule has 0 bridgehead atoms. The van der Waals surface area contributed by atoms with E-state index < -0.39 is 0 Å². The van der Waals surface area contributed by atoms with Crippen LogP contribution < -0.4 is 9.47 Å². The Kier molecular flexibility index (Phi) is 6.01. The molecule has 0 radical (unpaired) electrons. The van der Waals surface area contributed by atoms with Crippen LogP contribution in [0.2, 0.25) is 0 Å². The average molecular weight is 463 g/mol. The number of aryl methyl sites for hydroxylation is 1. The maximum absolute atomic E-state index is 9.47. The van der Waals surface area contributed by atoms with Crippen LogP contribution in [-0.2, 0) is 0 Å². The number of aromatic nitrogens is 2. The monoisotopic (exact) mass is 462 g/mol. The van der Waals surface area contributed by atoms with Gasteiger partial charge in [-0.2, -0.15) is 9.97 Å². The molecule has 1 aromatic heterocycles. The number of hydrogen-bond donors (Lipinski definition) is 2. The van der Waals surface area contributed by atoms with Crippen molar-refractivity contribution >= 4 is 0 Å². The minimum Gasteiger partial charge on any atom is -0.508 e. The van der Waals surface area contributed by atoms with E-state index in [1.54, 1.807) is 30.3 Å². The highest BCUT2D eigenvalue weighted by Crippen LogP contribution is 2.29. The van der Waals surface area contributed by atoms with Crippen molar-refractivity contribution in [3.63, 3.8) is 0 Å². The predicted molar refractivity (Wildman–Crippen MR) is 134 cm³/mol. The highest BCUT2D eigenvalue weighted by molar-refractivity contribution is 5.65. The smallest absolute Gasteiger partial charge is 0.325 e. The first-order chi connectivity index (χ1) is 17.0. The van der Waals surface area contributed by atoms with Gasteiger partial charge < -0.3 is 19.7 Å². The van der Waals surface area contributed by atoms with Crippen molar-refractivity contribution < 1.29 is 19.7 Å². The van der Waals surface area contributed by atoms with E-state index in [2.05, 4.69) is 9.97 Å². The Morgan fingerprint density at radius 3 is 1.37 bits per heavy atom. The van der Waals surface area contributed by atoms with Crippen molar-refractivity contribution in [3.8, 4) is 57.1 Å².